The molecule has 0 spiro atoms. The van der Waals surface area contributed by atoms with Crippen molar-refractivity contribution in [3.05, 3.63) is 40.4 Å². The van der Waals surface area contributed by atoms with Crippen molar-refractivity contribution in [3.8, 4) is 11.5 Å². The number of allylic oxidation sites excluding steroid dienone is 2. The Labute approximate surface area is 200 Å². The van der Waals surface area contributed by atoms with Gasteiger partial charge in [0, 0.05) is 24.0 Å². The van der Waals surface area contributed by atoms with Crippen molar-refractivity contribution >= 4 is 16.6 Å². The Hall–Kier alpha value is -2.43. The van der Waals surface area contributed by atoms with Crippen LogP contribution in [0.2, 0.25) is 0 Å². The quantitative estimate of drug-likeness (QED) is 0.160. The monoisotopic (exact) mass is 456 g/mol. The molecular weight excluding hydrogens is 412 g/mol. The van der Waals surface area contributed by atoms with Gasteiger partial charge in [-0.25, -0.2) is 0 Å². The number of unbranched alkanes of at least 4 members (excludes halogenated alkanes) is 8. The van der Waals surface area contributed by atoms with E-state index in [0.717, 1.165) is 55.2 Å². The Morgan fingerprint density at radius 1 is 0.939 bits per heavy atom. The van der Waals surface area contributed by atoms with E-state index in [2.05, 4.69) is 13.8 Å². The van der Waals surface area contributed by atoms with Gasteiger partial charge in [-0.1, -0.05) is 72.1 Å². The molecule has 0 amide bonds. The number of fused-ring (bicyclic) bond motifs is 1. The van der Waals surface area contributed by atoms with Crippen molar-refractivity contribution in [3.63, 3.8) is 0 Å². The van der Waals surface area contributed by atoms with Crippen LogP contribution < -0.4 is 20.8 Å². The number of nitrogens with two attached hydrogens (primary N) is 1. The van der Waals surface area contributed by atoms with Crippen LogP contribution in [0, 0.1) is 0 Å². The summed E-state index contributed by atoms with van der Waals surface area (Å²) in [6.45, 7) is 9.57. The number of aryl methyl sites for hydroxylation is 1. The maximum Gasteiger partial charge on any atom is 0.297 e. The summed E-state index contributed by atoms with van der Waals surface area (Å²) in [5, 5.41) is 0.867. The summed E-state index contributed by atoms with van der Waals surface area (Å²) in [5.74, 6) is 1.65. The SMILES string of the molecule is CC=C(CC)Oc1c(OCCCCCC)c(=O)n(CCCCCCCC)c2cc(N)ccc12. The minimum absolute atomic E-state index is 0.126. The number of ether oxygens (including phenoxy) is 2. The number of pyridine rings is 1. The zero-order chi connectivity index (χ0) is 24.1. The molecule has 0 aliphatic rings. The molecule has 5 heteroatoms. The fraction of sp³-hybridized carbons (Fsp3) is 0.607. The van der Waals surface area contributed by atoms with Crippen LogP contribution in [-0.2, 0) is 6.54 Å². The number of hydrogen-bond donors (Lipinski definition) is 1. The van der Waals surface area contributed by atoms with Crippen LogP contribution in [0.4, 0.5) is 5.69 Å². The number of rotatable bonds is 16. The lowest BCUT2D eigenvalue weighted by atomic mass is 10.1. The molecule has 1 heterocycles. The van der Waals surface area contributed by atoms with Gasteiger partial charge in [-0.3, -0.25) is 4.79 Å². The van der Waals surface area contributed by atoms with Gasteiger partial charge in [0.15, 0.2) is 5.75 Å². The Bertz CT molecular complexity index is 946. The van der Waals surface area contributed by atoms with Crippen molar-refractivity contribution in [2.75, 3.05) is 12.3 Å². The lowest BCUT2D eigenvalue weighted by molar-refractivity contribution is 0.280. The molecule has 0 fully saturated rings. The maximum absolute atomic E-state index is 13.7. The summed E-state index contributed by atoms with van der Waals surface area (Å²) in [5.41, 5.74) is 7.45. The average Bonchev–Trinajstić information content (AvgIpc) is 2.82. The van der Waals surface area contributed by atoms with Crippen LogP contribution in [0.3, 0.4) is 0 Å². The van der Waals surface area contributed by atoms with Gasteiger partial charge >= 0.3 is 0 Å². The highest BCUT2D eigenvalue weighted by atomic mass is 16.5. The molecule has 0 radical (unpaired) electrons. The smallest absolute Gasteiger partial charge is 0.297 e. The molecule has 0 bridgehead atoms. The van der Waals surface area contributed by atoms with Gasteiger partial charge in [0.05, 0.1) is 17.9 Å². The zero-order valence-corrected chi connectivity index (χ0v) is 21.3. The van der Waals surface area contributed by atoms with E-state index in [0.29, 0.717) is 30.3 Å². The fourth-order valence-electron chi connectivity index (χ4n) is 4.09. The summed E-state index contributed by atoms with van der Waals surface area (Å²) in [6, 6.07) is 5.69. The molecular formula is C28H44N2O3. The normalized spacial score (nSPS) is 11.8. The molecule has 33 heavy (non-hydrogen) atoms. The van der Waals surface area contributed by atoms with Gasteiger partial charge in [0.2, 0.25) is 5.75 Å². The number of benzene rings is 1. The zero-order valence-electron chi connectivity index (χ0n) is 21.3. The molecule has 0 saturated heterocycles. The van der Waals surface area contributed by atoms with Gasteiger partial charge in [0.1, 0.15) is 0 Å². The highest BCUT2D eigenvalue weighted by Crippen LogP contribution is 2.36. The predicted molar refractivity (Wildman–Crippen MR) is 140 cm³/mol. The van der Waals surface area contributed by atoms with Crippen LogP contribution in [0.1, 0.15) is 98.3 Å². The molecule has 2 N–H and O–H groups in total. The third kappa shape index (κ3) is 7.83. The molecule has 1 aromatic heterocycles. The third-order valence-corrected chi connectivity index (χ3v) is 6.09. The Kier molecular flexibility index (Phi) is 11.9. The first-order valence-corrected chi connectivity index (χ1v) is 13.0. The van der Waals surface area contributed by atoms with E-state index >= 15 is 0 Å². The van der Waals surface area contributed by atoms with Crippen LogP contribution >= 0.6 is 0 Å². The number of aromatic nitrogens is 1. The molecule has 184 valence electrons. The predicted octanol–water partition coefficient (Wildman–Crippen LogP) is 7.60. The first kappa shape index (κ1) is 26.8. The molecule has 5 nitrogen and oxygen atoms in total. The molecule has 2 aromatic rings. The van der Waals surface area contributed by atoms with Crippen molar-refractivity contribution in [1.29, 1.82) is 0 Å². The molecule has 0 saturated carbocycles. The third-order valence-electron chi connectivity index (χ3n) is 6.09. The van der Waals surface area contributed by atoms with E-state index in [1.165, 1.54) is 32.1 Å². The van der Waals surface area contributed by atoms with E-state index in [4.69, 9.17) is 15.2 Å². The summed E-state index contributed by atoms with van der Waals surface area (Å²) in [7, 11) is 0. The highest BCUT2D eigenvalue weighted by molar-refractivity contribution is 5.90. The van der Waals surface area contributed by atoms with Crippen molar-refractivity contribution < 1.29 is 9.47 Å². The van der Waals surface area contributed by atoms with Crippen molar-refractivity contribution in [1.82, 2.24) is 4.57 Å². The molecule has 1 aromatic carbocycles. The second kappa shape index (κ2) is 14.7. The van der Waals surface area contributed by atoms with Gasteiger partial charge in [-0.2, -0.15) is 0 Å². The molecule has 0 atom stereocenters. The summed E-state index contributed by atoms with van der Waals surface area (Å²) in [4.78, 5) is 13.7. The van der Waals surface area contributed by atoms with E-state index in [9.17, 15) is 4.79 Å². The van der Waals surface area contributed by atoms with Crippen molar-refractivity contribution in [2.45, 2.75) is 105 Å². The highest BCUT2D eigenvalue weighted by Gasteiger charge is 2.21. The van der Waals surface area contributed by atoms with Crippen LogP contribution in [0.15, 0.2) is 34.8 Å². The largest absolute Gasteiger partial charge is 0.485 e. The first-order chi connectivity index (χ1) is 16.1. The molecule has 0 unspecified atom stereocenters. The second-order valence-electron chi connectivity index (χ2n) is 8.78. The van der Waals surface area contributed by atoms with Gasteiger partial charge in [-0.15, -0.1) is 0 Å². The average molecular weight is 457 g/mol. The molecule has 0 aliphatic carbocycles. The first-order valence-electron chi connectivity index (χ1n) is 13.0. The van der Waals surface area contributed by atoms with Gasteiger partial charge in [-0.05, 0) is 44.0 Å². The van der Waals surface area contributed by atoms with Crippen LogP contribution in [-0.4, -0.2) is 11.2 Å². The molecule has 2 rings (SSSR count). The Morgan fingerprint density at radius 2 is 1.61 bits per heavy atom. The maximum atomic E-state index is 13.7. The molecule has 0 aliphatic heterocycles. The summed E-state index contributed by atoms with van der Waals surface area (Å²) >= 11 is 0. The fourth-order valence-corrected chi connectivity index (χ4v) is 4.09. The topological polar surface area (TPSA) is 66.5 Å². The second-order valence-corrected chi connectivity index (χ2v) is 8.78. The van der Waals surface area contributed by atoms with Gasteiger partial charge in [0.25, 0.3) is 5.56 Å². The van der Waals surface area contributed by atoms with Crippen LogP contribution in [0.5, 0.6) is 11.5 Å². The Morgan fingerprint density at radius 3 is 2.27 bits per heavy atom. The van der Waals surface area contributed by atoms with E-state index < -0.39 is 0 Å². The van der Waals surface area contributed by atoms with E-state index in [1.807, 2.05) is 42.7 Å². The lowest BCUT2D eigenvalue weighted by Gasteiger charge is -2.19. The minimum atomic E-state index is -0.126. The Balaban J connectivity index is 2.44. The standard InChI is InChI=1S/C28H44N2O3/c1-5-9-11-13-14-15-19-30-25-21-22(29)17-18-24(25)26(33-23(7-3)8-4)27(28(30)31)32-20-16-12-10-6-2/h7,17-18,21H,5-6,8-16,19-20,29H2,1-4H3. The van der Waals surface area contributed by atoms with Crippen molar-refractivity contribution in [2.24, 2.45) is 0 Å². The number of anilines is 1. The number of hydrogen-bond acceptors (Lipinski definition) is 4. The summed E-state index contributed by atoms with van der Waals surface area (Å²) in [6.07, 6.45) is 14.1. The lowest BCUT2D eigenvalue weighted by Crippen LogP contribution is -2.24. The van der Waals surface area contributed by atoms with E-state index in [-0.39, 0.29) is 5.56 Å². The van der Waals surface area contributed by atoms with E-state index in [1.54, 1.807) is 0 Å². The summed E-state index contributed by atoms with van der Waals surface area (Å²) < 4.78 is 14.2. The van der Waals surface area contributed by atoms with Gasteiger partial charge < -0.3 is 19.8 Å². The minimum Gasteiger partial charge on any atom is -0.485 e. The van der Waals surface area contributed by atoms with Crippen LogP contribution in [0.25, 0.3) is 10.9 Å². The number of nitrogens with zero attached hydrogens (tertiary/aromatic N) is 1. The number of nitrogen functional groups attached to an aromatic ring is 1.